The van der Waals surface area contributed by atoms with Crippen LogP contribution in [-0.4, -0.2) is 36.2 Å². The zero-order valence-electron chi connectivity index (χ0n) is 13.7. The van der Waals surface area contributed by atoms with Gasteiger partial charge in [-0.05, 0) is 44.5 Å². The van der Waals surface area contributed by atoms with Crippen molar-refractivity contribution in [2.75, 3.05) is 19.6 Å². The standard InChI is InChI=1S/C16H20F4N2O2/c1-15(2,3)24-14(23)22-7-6-21-9-13(22)11-8-10(17)4-5-12(11)16(18,19)20/h4-5,8,13,21H,6-7,9H2,1-3H3. The van der Waals surface area contributed by atoms with Crippen molar-refractivity contribution in [1.29, 1.82) is 0 Å². The van der Waals surface area contributed by atoms with Crippen LogP contribution < -0.4 is 5.32 Å². The summed E-state index contributed by atoms with van der Waals surface area (Å²) in [5.74, 6) is -0.785. The lowest BCUT2D eigenvalue weighted by Crippen LogP contribution is -2.50. The van der Waals surface area contributed by atoms with Crippen molar-refractivity contribution in [3.63, 3.8) is 0 Å². The number of carbonyl (C=O) groups excluding carboxylic acids is 1. The molecule has 1 atom stereocenters. The molecule has 0 spiro atoms. The van der Waals surface area contributed by atoms with Crippen LogP contribution in [-0.2, 0) is 10.9 Å². The van der Waals surface area contributed by atoms with Crippen LogP contribution in [0.3, 0.4) is 0 Å². The fraction of sp³-hybridized carbons (Fsp3) is 0.562. The minimum absolute atomic E-state index is 0.0891. The van der Waals surface area contributed by atoms with Crippen LogP contribution in [0.15, 0.2) is 18.2 Å². The average molecular weight is 348 g/mol. The van der Waals surface area contributed by atoms with E-state index in [1.807, 2.05) is 0 Å². The van der Waals surface area contributed by atoms with Crippen LogP contribution in [0.1, 0.15) is 37.9 Å². The smallest absolute Gasteiger partial charge is 0.416 e. The number of benzene rings is 1. The van der Waals surface area contributed by atoms with Gasteiger partial charge < -0.3 is 10.1 Å². The van der Waals surface area contributed by atoms with Gasteiger partial charge in [-0.1, -0.05) is 0 Å². The molecular weight excluding hydrogens is 328 g/mol. The quantitative estimate of drug-likeness (QED) is 0.787. The van der Waals surface area contributed by atoms with Crippen molar-refractivity contribution in [3.05, 3.63) is 35.1 Å². The molecule has 1 amide bonds. The average Bonchev–Trinajstić information content (AvgIpc) is 2.44. The first-order chi connectivity index (χ1) is 11.0. The van der Waals surface area contributed by atoms with E-state index in [4.69, 9.17) is 4.74 Å². The Morgan fingerprint density at radius 2 is 1.96 bits per heavy atom. The number of amides is 1. The van der Waals surface area contributed by atoms with Crippen molar-refractivity contribution in [2.45, 2.75) is 38.6 Å². The third-order valence-corrected chi connectivity index (χ3v) is 3.55. The number of alkyl halides is 3. The van der Waals surface area contributed by atoms with Crippen LogP contribution in [0.5, 0.6) is 0 Å². The Kier molecular flexibility index (Phi) is 5.08. The lowest BCUT2D eigenvalue weighted by Gasteiger charge is -2.38. The second-order valence-corrected chi connectivity index (χ2v) is 6.62. The molecule has 4 nitrogen and oxygen atoms in total. The van der Waals surface area contributed by atoms with E-state index in [9.17, 15) is 22.4 Å². The van der Waals surface area contributed by atoms with Crippen LogP contribution >= 0.6 is 0 Å². The molecule has 1 saturated heterocycles. The number of hydrogen-bond acceptors (Lipinski definition) is 3. The summed E-state index contributed by atoms with van der Waals surface area (Å²) in [6.45, 7) is 5.70. The molecule has 0 radical (unpaired) electrons. The second-order valence-electron chi connectivity index (χ2n) is 6.62. The maximum atomic E-state index is 13.6. The number of hydrogen-bond donors (Lipinski definition) is 1. The molecule has 24 heavy (non-hydrogen) atoms. The van der Waals surface area contributed by atoms with Gasteiger partial charge in [-0.3, -0.25) is 4.90 Å². The number of nitrogens with one attached hydrogen (secondary N) is 1. The molecule has 0 bridgehead atoms. The predicted octanol–water partition coefficient (Wildman–Crippen LogP) is 3.73. The Labute approximate surface area is 137 Å². The zero-order valence-corrected chi connectivity index (χ0v) is 13.7. The number of carbonyl (C=O) groups is 1. The van der Waals surface area contributed by atoms with Gasteiger partial charge in [0, 0.05) is 19.6 Å². The highest BCUT2D eigenvalue weighted by Crippen LogP contribution is 2.37. The number of ether oxygens (including phenoxy) is 1. The van der Waals surface area contributed by atoms with Gasteiger partial charge in [0.25, 0.3) is 0 Å². The second kappa shape index (κ2) is 6.58. The summed E-state index contributed by atoms with van der Waals surface area (Å²) >= 11 is 0. The van der Waals surface area contributed by atoms with Crippen molar-refractivity contribution < 1.29 is 27.1 Å². The SMILES string of the molecule is CC(C)(C)OC(=O)N1CCNCC1c1cc(F)ccc1C(F)(F)F. The molecule has 134 valence electrons. The van der Waals surface area contributed by atoms with E-state index in [2.05, 4.69) is 5.32 Å². The van der Waals surface area contributed by atoms with Gasteiger partial charge in [-0.2, -0.15) is 13.2 Å². The minimum Gasteiger partial charge on any atom is -0.444 e. The molecule has 8 heteroatoms. The molecule has 0 saturated carbocycles. The topological polar surface area (TPSA) is 41.6 Å². The maximum absolute atomic E-state index is 13.6. The highest BCUT2D eigenvalue weighted by Gasteiger charge is 2.39. The summed E-state index contributed by atoms with van der Waals surface area (Å²) in [5, 5.41) is 2.94. The van der Waals surface area contributed by atoms with Gasteiger partial charge in [0.05, 0.1) is 11.6 Å². The Morgan fingerprint density at radius 3 is 2.54 bits per heavy atom. The summed E-state index contributed by atoms with van der Waals surface area (Å²) in [6, 6.07) is 1.34. The van der Waals surface area contributed by atoms with Gasteiger partial charge in [-0.15, -0.1) is 0 Å². The van der Waals surface area contributed by atoms with Gasteiger partial charge in [0.2, 0.25) is 0 Å². The molecule has 1 aromatic carbocycles. The highest BCUT2D eigenvalue weighted by atomic mass is 19.4. The Balaban J connectivity index is 2.41. The number of nitrogens with zero attached hydrogens (tertiary/aromatic N) is 1. The number of rotatable bonds is 1. The molecule has 1 aliphatic heterocycles. The molecule has 1 aliphatic rings. The fourth-order valence-corrected chi connectivity index (χ4v) is 2.59. The zero-order chi connectivity index (χ0) is 18.1. The van der Waals surface area contributed by atoms with E-state index in [0.717, 1.165) is 12.1 Å². The van der Waals surface area contributed by atoms with Crippen LogP contribution in [0.4, 0.5) is 22.4 Å². The van der Waals surface area contributed by atoms with E-state index < -0.39 is 35.3 Å². The first-order valence-electron chi connectivity index (χ1n) is 7.56. The lowest BCUT2D eigenvalue weighted by atomic mass is 9.97. The highest BCUT2D eigenvalue weighted by molar-refractivity contribution is 5.69. The normalized spacial score (nSPS) is 19.3. The summed E-state index contributed by atoms with van der Waals surface area (Å²) < 4.78 is 58.6. The first kappa shape index (κ1) is 18.5. The summed E-state index contributed by atoms with van der Waals surface area (Å²) in [4.78, 5) is 13.6. The third-order valence-electron chi connectivity index (χ3n) is 3.55. The first-order valence-corrected chi connectivity index (χ1v) is 7.56. The van der Waals surface area contributed by atoms with Gasteiger partial charge in [0.15, 0.2) is 0 Å². The van der Waals surface area contributed by atoms with Crippen molar-refractivity contribution >= 4 is 6.09 Å². The molecule has 0 aromatic heterocycles. The Hall–Kier alpha value is -1.83. The van der Waals surface area contributed by atoms with E-state index in [0.29, 0.717) is 12.6 Å². The predicted molar refractivity (Wildman–Crippen MR) is 80.0 cm³/mol. The van der Waals surface area contributed by atoms with E-state index in [-0.39, 0.29) is 18.7 Å². The van der Waals surface area contributed by atoms with E-state index in [1.54, 1.807) is 20.8 Å². The van der Waals surface area contributed by atoms with Crippen LogP contribution in [0.25, 0.3) is 0 Å². The molecule has 2 rings (SSSR count). The van der Waals surface area contributed by atoms with Gasteiger partial charge in [0.1, 0.15) is 11.4 Å². The van der Waals surface area contributed by atoms with E-state index >= 15 is 0 Å². The summed E-state index contributed by atoms with van der Waals surface area (Å²) in [5.41, 5.74) is -2.01. The van der Waals surface area contributed by atoms with Gasteiger partial charge in [-0.25, -0.2) is 9.18 Å². The fourth-order valence-electron chi connectivity index (χ4n) is 2.59. The van der Waals surface area contributed by atoms with Crippen LogP contribution in [0.2, 0.25) is 0 Å². The molecule has 0 aliphatic carbocycles. The molecule has 1 N–H and O–H groups in total. The Morgan fingerprint density at radius 1 is 1.29 bits per heavy atom. The maximum Gasteiger partial charge on any atom is 0.416 e. The Bertz CT molecular complexity index is 611. The van der Waals surface area contributed by atoms with E-state index in [1.165, 1.54) is 4.90 Å². The minimum atomic E-state index is -4.64. The van der Waals surface area contributed by atoms with Crippen molar-refractivity contribution in [2.24, 2.45) is 0 Å². The van der Waals surface area contributed by atoms with Crippen molar-refractivity contribution in [1.82, 2.24) is 10.2 Å². The number of piperazine rings is 1. The third kappa shape index (κ3) is 4.37. The monoisotopic (exact) mass is 348 g/mol. The number of halogens is 4. The summed E-state index contributed by atoms with van der Waals surface area (Å²) in [6.07, 6.45) is -5.36. The lowest BCUT2D eigenvalue weighted by molar-refractivity contribution is -0.139. The largest absolute Gasteiger partial charge is 0.444 e. The molecule has 1 heterocycles. The summed E-state index contributed by atoms with van der Waals surface area (Å²) in [7, 11) is 0. The molecule has 1 unspecified atom stereocenters. The van der Waals surface area contributed by atoms with Gasteiger partial charge >= 0.3 is 12.3 Å². The van der Waals surface area contributed by atoms with Crippen LogP contribution in [0, 0.1) is 5.82 Å². The molecular formula is C16H20F4N2O2. The van der Waals surface area contributed by atoms with Crippen molar-refractivity contribution in [3.8, 4) is 0 Å². The molecule has 1 fully saturated rings. The molecule has 1 aromatic rings.